The maximum absolute atomic E-state index is 12.5. The SMILES string of the molecule is CCOc1ccc(C2C(C(C)=O)C(=O)CC(C)(O)C2C(C)=O)cc1. The van der Waals surface area contributed by atoms with Crippen molar-refractivity contribution in [1.82, 2.24) is 0 Å². The summed E-state index contributed by atoms with van der Waals surface area (Å²) < 4.78 is 5.41. The monoisotopic (exact) mass is 332 g/mol. The molecule has 1 fully saturated rings. The molecule has 2 rings (SSSR count). The fourth-order valence-electron chi connectivity index (χ4n) is 3.86. The van der Waals surface area contributed by atoms with Gasteiger partial charge in [-0.2, -0.15) is 0 Å². The van der Waals surface area contributed by atoms with E-state index in [1.807, 2.05) is 6.92 Å². The molecule has 0 bridgehead atoms. The van der Waals surface area contributed by atoms with Gasteiger partial charge in [-0.3, -0.25) is 14.4 Å². The molecule has 0 radical (unpaired) electrons. The molecule has 1 aromatic carbocycles. The molecule has 130 valence electrons. The van der Waals surface area contributed by atoms with E-state index in [1.54, 1.807) is 24.3 Å². The van der Waals surface area contributed by atoms with Crippen molar-refractivity contribution in [3.63, 3.8) is 0 Å². The number of hydrogen-bond acceptors (Lipinski definition) is 5. The van der Waals surface area contributed by atoms with E-state index >= 15 is 0 Å². The molecule has 1 aliphatic carbocycles. The lowest BCUT2D eigenvalue weighted by molar-refractivity contribution is -0.151. The van der Waals surface area contributed by atoms with Gasteiger partial charge in [0.2, 0.25) is 0 Å². The molecule has 1 aliphatic rings. The van der Waals surface area contributed by atoms with E-state index in [0.29, 0.717) is 17.9 Å². The summed E-state index contributed by atoms with van der Waals surface area (Å²) in [7, 11) is 0. The Hall–Kier alpha value is -2.01. The predicted molar refractivity (Wildman–Crippen MR) is 88.9 cm³/mol. The van der Waals surface area contributed by atoms with Crippen LogP contribution in [0.25, 0.3) is 0 Å². The Balaban J connectivity index is 2.53. The summed E-state index contributed by atoms with van der Waals surface area (Å²) in [6.07, 6.45) is -0.185. The van der Waals surface area contributed by atoms with E-state index in [4.69, 9.17) is 4.74 Å². The molecular weight excluding hydrogens is 308 g/mol. The van der Waals surface area contributed by atoms with Crippen LogP contribution in [0.4, 0.5) is 0 Å². The van der Waals surface area contributed by atoms with Crippen molar-refractivity contribution in [3.05, 3.63) is 29.8 Å². The third kappa shape index (κ3) is 3.41. The maximum Gasteiger partial charge on any atom is 0.146 e. The van der Waals surface area contributed by atoms with E-state index in [-0.39, 0.29) is 23.8 Å². The van der Waals surface area contributed by atoms with Crippen LogP contribution in [0.3, 0.4) is 0 Å². The van der Waals surface area contributed by atoms with Gasteiger partial charge in [-0.05, 0) is 45.4 Å². The number of carbonyl (C=O) groups is 3. The van der Waals surface area contributed by atoms with Gasteiger partial charge in [-0.15, -0.1) is 0 Å². The molecule has 0 amide bonds. The van der Waals surface area contributed by atoms with Crippen LogP contribution < -0.4 is 4.74 Å². The largest absolute Gasteiger partial charge is 0.494 e. The molecule has 4 unspecified atom stereocenters. The number of rotatable bonds is 5. The molecular formula is C19H24O5. The Labute approximate surface area is 142 Å². The van der Waals surface area contributed by atoms with Crippen molar-refractivity contribution < 1.29 is 24.2 Å². The molecule has 0 aromatic heterocycles. The van der Waals surface area contributed by atoms with Crippen LogP contribution in [0.2, 0.25) is 0 Å². The minimum Gasteiger partial charge on any atom is -0.494 e. The number of aliphatic hydroxyl groups is 1. The van der Waals surface area contributed by atoms with Crippen molar-refractivity contribution in [2.75, 3.05) is 6.61 Å². The van der Waals surface area contributed by atoms with Crippen molar-refractivity contribution in [3.8, 4) is 5.75 Å². The summed E-state index contributed by atoms with van der Waals surface area (Å²) in [5, 5.41) is 10.7. The third-order valence-corrected chi connectivity index (χ3v) is 4.72. The highest BCUT2D eigenvalue weighted by molar-refractivity contribution is 6.05. The van der Waals surface area contributed by atoms with Gasteiger partial charge < -0.3 is 9.84 Å². The van der Waals surface area contributed by atoms with E-state index in [2.05, 4.69) is 0 Å². The van der Waals surface area contributed by atoms with Gasteiger partial charge in [0.05, 0.1) is 24.0 Å². The smallest absolute Gasteiger partial charge is 0.146 e. The first kappa shape index (κ1) is 18.3. The molecule has 0 heterocycles. The van der Waals surface area contributed by atoms with E-state index in [0.717, 1.165) is 0 Å². The highest BCUT2D eigenvalue weighted by Gasteiger charge is 2.53. The number of Topliss-reactive ketones (excluding diaryl/α,β-unsaturated/α-hetero) is 3. The Morgan fingerprint density at radius 1 is 1.21 bits per heavy atom. The van der Waals surface area contributed by atoms with Crippen LogP contribution in [0.15, 0.2) is 24.3 Å². The predicted octanol–water partition coefficient (Wildman–Crippen LogP) is 2.30. The van der Waals surface area contributed by atoms with Gasteiger partial charge in [-0.25, -0.2) is 0 Å². The molecule has 5 nitrogen and oxygen atoms in total. The lowest BCUT2D eigenvalue weighted by Crippen LogP contribution is -2.53. The van der Waals surface area contributed by atoms with Gasteiger partial charge in [0, 0.05) is 12.3 Å². The van der Waals surface area contributed by atoms with Crippen LogP contribution in [0.1, 0.15) is 45.6 Å². The first-order valence-electron chi connectivity index (χ1n) is 8.17. The molecule has 1 saturated carbocycles. The normalized spacial score (nSPS) is 30.0. The Kier molecular flexibility index (Phi) is 5.23. The molecule has 0 saturated heterocycles. The molecule has 5 heteroatoms. The standard InChI is InChI=1S/C19H24O5/c1-5-24-14-8-6-13(7-9-14)17-16(11(2)20)15(22)10-19(4,23)18(17)12(3)21/h6-9,16-18,23H,5,10H2,1-4H3. The minimum absolute atomic E-state index is 0.185. The average molecular weight is 332 g/mol. The van der Waals surface area contributed by atoms with Crippen molar-refractivity contribution in [2.45, 2.75) is 45.6 Å². The molecule has 1 aromatic rings. The van der Waals surface area contributed by atoms with E-state index in [9.17, 15) is 19.5 Å². The number of benzene rings is 1. The minimum atomic E-state index is -1.46. The summed E-state index contributed by atoms with van der Waals surface area (Å²) in [5.41, 5.74) is -0.773. The maximum atomic E-state index is 12.5. The number of ketones is 3. The van der Waals surface area contributed by atoms with Gasteiger partial charge >= 0.3 is 0 Å². The van der Waals surface area contributed by atoms with Gasteiger partial charge in [-0.1, -0.05) is 12.1 Å². The highest BCUT2D eigenvalue weighted by Crippen LogP contribution is 2.46. The summed E-state index contributed by atoms with van der Waals surface area (Å²) in [5.74, 6) is -2.51. The zero-order valence-corrected chi connectivity index (χ0v) is 14.5. The van der Waals surface area contributed by atoms with Crippen LogP contribution in [0, 0.1) is 11.8 Å². The van der Waals surface area contributed by atoms with Gasteiger partial charge in [0.15, 0.2) is 0 Å². The number of ether oxygens (including phenoxy) is 1. The fourth-order valence-corrected chi connectivity index (χ4v) is 3.86. The van der Waals surface area contributed by atoms with Crippen LogP contribution in [-0.2, 0) is 14.4 Å². The second-order valence-corrected chi connectivity index (χ2v) is 6.70. The van der Waals surface area contributed by atoms with Gasteiger partial charge in [0.1, 0.15) is 23.1 Å². The average Bonchev–Trinajstić information content (AvgIpc) is 2.45. The summed E-state index contributed by atoms with van der Waals surface area (Å²) in [6, 6.07) is 7.02. The fraction of sp³-hybridized carbons (Fsp3) is 0.526. The molecule has 0 spiro atoms. The third-order valence-electron chi connectivity index (χ3n) is 4.72. The second kappa shape index (κ2) is 6.85. The summed E-state index contributed by atoms with van der Waals surface area (Å²) >= 11 is 0. The van der Waals surface area contributed by atoms with E-state index in [1.165, 1.54) is 20.8 Å². The van der Waals surface area contributed by atoms with Crippen LogP contribution in [-0.4, -0.2) is 34.7 Å². The summed E-state index contributed by atoms with van der Waals surface area (Å²) in [6.45, 7) is 6.66. The molecule has 0 aliphatic heterocycles. The van der Waals surface area contributed by atoms with Crippen LogP contribution >= 0.6 is 0 Å². The Bertz CT molecular complexity index is 644. The highest BCUT2D eigenvalue weighted by atomic mass is 16.5. The molecule has 24 heavy (non-hydrogen) atoms. The molecule has 4 atom stereocenters. The van der Waals surface area contributed by atoms with Crippen molar-refractivity contribution in [2.24, 2.45) is 11.8 Å². The Morgan fingerprint density at radius 3 is 2.25 bits per heavy atom. The van der Waals surface area contributed by atoms with Crippen LogP contribution in [0.5, 0.6) is 5.75 Å². The number of hydrogen-bond donors (Lipinski definition) is 1. The first-order valence-corrected chi connectivity index (χ1v) is 8.17. The van der Waals surface area contributed by atoms with Crippen molar-refractivity contribution in [1.29, 1.82) is 0 Å². The lowest BCUT2D eigenvalue weighted by Gasteiger charge is -2.44. The van der Waals surface area contributed by atoms with Gasteiger partial charge in [0.25, 0.3) is 0 Å². The topological polar surface area (TPSA) is 80.7 Å². The zero-order chi connectivity index (χ0) is 18.1. The first-order chi connectivity index (χ1) is 11.2. The number of carbonyl (C=O) groups excluding carboxylic acids is 3. The van der Waals surface area contributed by atoms with E-state index < -0.39 is 23.4 Å². The van der Waals surface area contributed by atoms with Crippen molar-refractivity contribution >= 4 is 17.3 Å². The second-order valence-electron chi connectivity index (χ2n) is 6.70. The molecule has 1 N–H and O–H groups in total. The quantitative estimate of drug-likeness (QED) is 0.837. The zero-order valence-electron chi connectivity index (χ0n) is 14.5. The lowest BCUT2D eigenvalue weighted by atomic mass is 9.60. The Morgan fingerprint density at radius 2 is 1.79 bits per heavy atom. The summed E-state index contributed by atoms with van der Waals surface area (Å²) in [4.78, 5) is 36.8.